The Hall–Kier alpha value is -3.52. The van der Waals surface area contributed by atoms with Crippen LogP contribution in [0, 0.1) is 0 Å². The molecule has 0 unspecified atom stereocenters. The molecule has 1 aliphatic rings. The summed E-state index contributed by atoms with van der Waals surface area (Å²) in [7, 11) is -0.879. The van der Waals surface area contributed by atoms with Gasteiger partial charge in [0.05, 0.1) is 30.5 Å². The molecular weight excluding hydrogens is 404 g/mol. The van der Waals surface area contributed by atoms with E-state index in [-0.39, 0.29) is 11.4 Å². The molecule has 1 N–H and O–H groups in total. The van der Waals surface area contributed by atoms with Gasteiger partial charge in [-0.3, -0.25) is 9.10 Å². The molecule has 0 aliphatic carbocycles. The van der Waals surface area contributed by atoms with Crippen LogP contribution in [0.3, 0.4) is 0 Å². The van der Waals surface area contributed by atoms with E-state index in [2.05, 4.69) is 5.32 Å². The maximum Gasteiger partial charge on any atom is 0.265 e. The molecule has 0 saturated heterocycles. The van der Waals surface area contributed by atoms with Crippen molar-refractivity contribution in [2.75, 3.05) is 30.4 Å². The number of nitrogens with one attached hydrogen (secondary N) is 1. The Morgan fingerprint density at radius 3 is 2.37 bits per heavy atom. The lowest BCUT2D eigenvalue weighted by Gasteiger charge is -2.31. The predicted octanol–water partition coefficient (Wildman–Crippen LogP) is 3.52. The van der Waals surface area contributed by atoms with Gasteiger partial charge in [-0.05, 0) is 24.3 Å². The number of benzene rings is 3. The number of amides is 1. The zero-order chi connectivity index (χ0) is 21.3. The van der Waals surface area contributed by atoms with Crippen molar-refractivity contribution < 1.29 is 22.7 Å². The quantitative estimate of drug-likeness (QED) is 0.677. The molecule has 0 aromatic heterocycles. The predicted molar refractivity (Wildman–Crippen MR) is 115 cm³/mol. The fraction of sp³-hybridized carbons (Fsp3) is 0.136. The van der Waals surface area contributed by atoms with Crippen molar-refractivity contribution in [2.45, 2.75) is 4.90 Å². The molecule has 1 aliphatic heterocycles. The molecule has 8 heteroatoms. The number of anilines is 2. The Bertz CT molecular complexity index is 1220. The number of ether oxygens (including phenoxy) is 2. The third-order valence-corrected chi connectivity index (χ3v) is 6.71. The van der Waals surface area contributed by atoms with Gasteiger partial charge in [-0.2, -0.15) is 0 Å². The molecule has 7 nitrogen and oxygen atoms in total. The van der Waals surface area contributed by atoms with Crippen molar-refractivity contribution in [3.05, 3.63) is 66.7 Å². The van der Waals surface area contributed by atoms with Crippen LogP contribution in [0.2, 0.25) is 0 Å². The summed E-state index contributed by atoms with van der Waals surface area (Å²) in [4.78, 5) is 13.0. The highest BCUT2D eigenvalue weighted by atomic mass is 32.2. The van der Waals surface area contributed by atoms with E-state index in [0.717, 1.165) is 9.87 Å². The summed E-state index contributed by atoms with van der Waals surface area (Å²) < 4.78 is 38.1. The number of para-hydroxylation sites is 1. The Balaban J connectivity index is 1.67. The van der Waals surface area contributed by atoms with E-state index in [1.54, 1.807) is 54.6 Å². The molecule has 0 bridgehead atoms. The van der Waals surface area contributed by atoms with Gasteiger partial charge in [0.15, 0.2) is 0 Å². The molecule has 154 valence electrons. The fourth-order valence-electron chi connectivity index (χ4n) is 3.47. The Morgan fingerprint density at radius 1 is 0.933 bits per heavy atom. The summed E-state index contributed by atoms with van der Waals surface area (Å²) in [5, 5.41) is 2.73. The lowest BCUT2D eigenvalue weighted by Crippen LogP contribution is -2.40. The first-order valence-corrected chi connectivity index (χ1v) is 10.6. The Labute approximate surface area is 174 Å². The van der Waals surface area contributed by atoms with Crippen LogP contribution in [-0.4, -0.2) is 35.1 Å². The summed E-state index contributed by atoms with van der Waals surface area (Å²) in [6, 6.07) is 18.9. The van der Waals surface area contributed by atoms with Gasteiger partial charge in [-0.15, -0.1) is 0 Å². The van der Waals surface area contributed by atoms with Crippen molar-refractivity contribution in [1.29, 1.82) is 0 Å². The molecule has 1 amide bonds. The van der Waals surface area contributed by atoms with Gasteiger partial charge in [-0.25, -0.2) is 8.42 Å². The highest BCUT2D eigenvalue weighted by molar-refractivity contribution is 7.93. The van der Waals surface area contributed by atoms with Gasteiger partial charge >= 0.3 is 0 Å². The fourth-order valence-corrected chi connectivity index (χ4v) is 5.12. The first-order chi connectivity index (χ1) is 14.5. The van der Waals surface area contributed by atoms with Crippen LogP contribution >= 0.6 is 0 Å². The van der Waals surface area contributed by atoms with Crippen molar-refractivity contribution in [1.82, 2.24) is 0 Å². The van der Waals surface area contributed by atoms with E-state index >= 15 is 0 Å². The largest absolute Gasteiger partial charge is 0.497 e. The van der Waals surface area contributed by atoms with Gasteiger partial charge in [0.1, 0.15) is 18.0 Å². The minimum absolute atomic E-state index is 0.179. The monoisotopic (exact) mass is 424 g/mol. The molecule has 3 aromatic carbocycles. The SMILES string of the molecule is COc1ccc(NC(=O)CN2c3ccccc3-c3ccccc3S2(=O)=O)c(OC)c1. The highest BCUT2D eigenvalue weighted by Gasteiger charge is 2.35. The standard InChI is InChI=1S/C22H20N2O5S/c1-28-15-11-12-18(20(13-15)29-2)23-22(25)14-24-19-9-5-3-7-16(19)17-8-4-6-10-21(17)30(24,26)27/h3-13H,14H2,1-2H3,(H,23,25). The van der Waals surface area contributed by atoms with E-state index in [0.29, 0.717) is 28.4 Å². The second-order valence-electron chi connectivity index (χ2n) is 6.64. The van der Waals surface area contributed by atoms with Gasteiger partial charge < -0.3 is 14.8 Å². The summed E-state index contributed by atoms with van der Waals surface area (Å²) in [5.41, 5.74) is 2.28. The average Bonchev–Trinajstić information content (AvgIpc) is 2.77. The first-order valence-electron chi connectivity index (χ1n) is 9.19. The van der Waals surface area contributed by atoms with Gasteiger partial charge in [0.25, 0.3) is 10.0 Å². The van der Waals surface area contributed by atoms with Crippen molar-refractivity contribution in [3.63, 3.8) is 0 Å². The van der Waals surface area contributed by atoms with Crippen molar-refractivity contribution in [2.24, 2.45) is 0 Å². The van der Waals surface area contributed by atoms with E-state index < -0.39 is 15.9 Å². The van der Waals surface area contributed by atoms with Gasteiger partial charge in [-0.1, -0.05) is 36.4 Å². The van der Waals surface area contributed by atoms with Crippen molar-refractivity contribution in [3.8, 4) is 22.6 Å². The van der Waals surface area contributed by atoms with E-state index in [9.17, 15) is 13.2 Å². The summed E-state index contributed by atoms with van der Waals surface area (Å²) >= 11 is 0. The molecular formula is C22H20N2O5S. The molecule has 0 saturated carbocycles. The zero-order valence-electron chi connectivity index (χ0n) is 16.5. The number of carbonyl (C=O) groups is 1. The zero-order valence-corrected chi connectivity index (χ0v) is 17.3. The number of hydrogen-bond donors (Lipinski definition) is 1. The molecule has 0 fully saturated rings. The topological polar surface area (TPSA) is 84.9 Å². The van der Waals surface area contributed by atoms with E-state index in [1.807, 2.05) is 12.1 Å². The summed E-state index contributed by atoms with van der Waals surface area (Å²) in [6.45, 7) is -0.372. The molecule has 0 atom stereocenters. The van der Waals surface area contributed by atoms with E-state index in [4.69, 9.17) is 9.47 Å². The minimum atomic E-state index is -3.89. The number of sulfonamides is 1. The summed E-state index contributed by atoms with van der Waals surface area (Å²) in [5.74, 6) is 0.500. The van der Waals surface area contributed by atoms with Crippen LogP contribution in [0.5, 0.6) is 11.5 Å². The van der Waals surface area contributed by atoms with Crippen molar-refractivity contribution >= 4 is 27.3 Å². The van der Waals surface area contributed by atoms with Crippen LogP contribution in [-0.2, 0) is 14.8 Å². The van der Waals surface area contributed by atoms with Crippen LogP contribution in [0.1, 0.15) is 0 Å². The third-order valence-electron chi connectivity index (χ3n) is 4.89. The number of rotatable bonds is 5. The number of fused-ring (bicyclic) bond motifs is 3. The lowest BCUT2D eigenvalue weighted by molar-refractivity contribution is -0.114. The van der Waals surface area contributed by atoms with Crippen LogP contribution < -0.4 is 19.1 Å². The molecule has 1 heterocycles. The molecule has 30 heavy (non-hydrogen) atoms. The highest BCUT2D eigenvalue weighted by Crippen LogP contribution is 2.42. The third kappa shape index (κ3) is 3.35. The number of carbonyl (C=O) groups excluding carboxylic acids is 1. The Morgan fingerprint density at radius 2 is 1.63 bits per heavy atom. The molecule has 0 spiro atoms. The molecule has 4 rings (SSSR count). The maximum atomic E-state index is 13.3. The Kier molecular flexibility index (Phi) is 5.09. The second-order valence-corrected chi connectivity index (χ2v) is 8.47. The van der Waals surface area contributed by atoms with Crippen LogP contribution in [0.25, 0.3) is 11.1 Å². The number of nitrogens with zero attached hydrogens (tertiary/aromatic N) is 1. The van der Waals surface area contributed by atoms with E-state index in [1.165, 1.54) is 14.2 Å². The maximum absolute atomic E-state index is 13.3. The minimum Gasteiger partial charge on any atom is -0.497 e. The van der Waals surface area contributed by atoms with Crippen LogP contribution in [0.15, 0.2) is 71.6 Å². The average molecular weight is 424 g/mol. The second kappa shape index (κ2) is 7.72. The van der Waals surface area contributed by atoms with Gasteiger partial charge in [0.2, 0.25) is 5.91 Å². The smallest absolute Gasteiger partial charge is 0.265 e. The normalized spacial score (nSPS) is 13.7. The number of hydrogen-bond acceptors (Lipinski definition) is 5. The first kappa shape index (κ1) is 19.8. The molecule has 3 aromatic rings. The lowest BCUT2D eigenvalue weighted by atomic mass is 10.0. The van der Waals surface area contributed by atoms with Gasteiger partial charge in [0, 0.05) is 17.2 Å². The molecule has 0 radical (unpaired) electrons. The van der Waals surface area contributed by atoms with Crippen LogP contribution in [0.4, 0.5) is 11.4 Å². The number of methoxy groups -OCH3 is 2. The summed E-state index contributed by atoms with van der Waals surface area (Å²) in [6.07, 6.45) is 0.